The fraction of sp³-hybridized carbons (Fsp3) is 0.357. The zero-order chi connectivity index (χ0) is 13.9. The van der Waals surface area contributed by atoms with Gasteiger partial charge in [-0.3, -0.25) is 4.68 Å². The number of rotatable bonds is 4. The number of nitrogen functional groups attached to an aromatic ring is 1. The fourth-order valence-corrected chi connectivity index (χ4v) is 1.66. The number of benzene rings is 1. The topological polar surface area (TPSA) is 80.5 Å². The summed E-state index contributed by atoms with van der Waals surface area (Å²) in [4.78, 5) is 4.27. The van der Waals surface area contributed by atoms with Crippen LogP contribution in [0.3, 0.4) is 0 Å². The van der Waals surface area contributed by atoms with Gasteiger partial charge in [0.05, 0.1) is 11.5 Å². The van der Waals surface area contributed by atoms with Gasteiger partial charge in [-0.05, 0) is 32.4 Å². The van der Waals surface area contributed by atoms with E-state index in [0.29, 0.717) is 18.1 Å². The van der Waals surface area contributed by atoms with Crippen LogP contribution >= 0.6 is 0 Å². The van der Waals surface area contributed by atoms with Gasteiger partial charge in [-0.15, -0.1) is 0 Å². The van der Waals surface area contributed by atoms with Gasteiger partial charge in [-0.25, -0.2) is 4.98 Å². The molecule has 2 aromatic rings. The van der Waals surface area contributed by atoms with Gasteiger partial charge in [-0.1, -0.05) is 12.1 Å². The van der Waals surface area contributed by atoms with Crippen LogP contribution in [0.4, 0.5) is 5.69 Å². The van der Waals surface area contributed by atoms with Crippen molar-refractivity contribution in [3.05, 3.63) is 30.6 Å². The van der Waals surface area contributed by atoms with Gasteiger partial charge in [0, 0.05) is 17.8 Å². The number of nitriles is 1. The third-order valence-corrected chi connectivity index (χ3v) is 2.95. The highest BCUT2D eigenvalue weighted by atomic mass is 15.3. The summed E-state index contributed by atoms with van der Waals surface area (Å²) >= 11 is 0. The minimum atomic E-state index is -0.344. The monoisotopic (exact) mass is 255 g/mol. The van der Waals surface area contributed by atoms with Gasteiger partial charge in [0.2, 0.25) is 0 Å². The van der Waals surface area contributed by atoms with Crippen molar-refractivity contribution in [3.8, 4) is 17.5 Å². The Morgan fingerprint density at radius 2 is 2.21 bits per heavy atom. The molecular formula is C14H17N5. The highest BCUT2D eigenvalue weighted by molar-refractivity contribution is 5.60. The van der Waals surface area contributed by atoms with Gasteiger partial charge in [0.15, 0.2) is 5.82 Å². The first-order valence-corrected chi connectivity index (χ1v) is 6.17. The number of hydrogen-bond donors (Lipinski definition) is 1. The molecule has 0 bridgehead atoms. The molecule has 0 radical (unpaired) electrons. The van der Waals surface area contributed by atoms with E-state index in [0.717, 1.165) is 12.0 Å². The van der Waals surface area contributed by atoms with Crippen LogP contribution in [0.1, 0.15) is 20.3 Å². The third-order valence-electron chi connectivity index (χ3n) is 2.95. The van der Waals surface area contributed by atoms with Gasteiger partial charge < -0.3 is 5.73 Å². The van der Waals surface area contributed by atoms with Crippen molar-refractivity contribution in [1.29, 1.82) is 5.26 Å². The quantitative estimate of drug-likeness (QED) is 0.851. The second-order valence-electron chi connectivity index (χ2n) is 5.20. The second kappa shape index (κ2) is 5.11. The molecule has 0 atom stereocenters. The Morgan fingerprint density at radius 3 is 2.89 bits per heavy atom. The van der Waals surface area contributed by atoms with Crippen molar-refractivity contribution in [1.82, 2.24) is 14.8 Å². The Balaban J connectivity index is 2.10. The minimum Gasteiger partial charge on any atom is -0.399 e. The lowest BCUT2D eigenvalue weighted by Crippen LogP contribution is -2.12. The highest BCUT2D eigenvalue weighted by Gasteiger charge is 2.16. The Hall–Kier alpha value is -2.35. The van der Waals surface area contributed by atoms with E-state index in [9.17, 15) is 0 Å². The van der Waals surface area contributed by atoms with Crippen molar-refractivity contribution < 1.29 is 0 Å². The molecule has 0 aliphatic heterocycles. The van der Waals surface area contributed by atoms with Gasteiger partial charge in [-0.2, -0.15) is 10.4 Å². The summed E-state index contributed by atoms with van der Waals surface area (Å²) in [6, 6.07) is 9.76. The Morgan fingerprint density at radius 1 is 1.42 bits per heavy atom. The molecule has 0 amide bonds. The Kier molecular flexibility index (Phi) is 3.52. The van der Waals surface area contributed by atoms with Crippen molar-refractivity contribution >= 4 is 5.69 Å². The maximum absolute atomic E-state index is 8.98. The maximum Gasteiger partial charge on any atom is 0.181 e. The largest absolute Gasteiger partial charge is 0.399 e. The lowest BCUT2D eigenvalue weighted by Gasteiger charge is -2.13. The summed E-state index contributed by atoms with van der Waals surface area (Å²) in [7, 11) is 0. The van der Waals surface area contributed by atoms with Gasteiger partial charge >= 0.3 is 0 Å². The number of aromatic nitrogens is 3. The zero-order valence-corrected chi connectivity index (χ0v) is 11.2. The smallest absolute Gasteiger partial charge is 0.181 e. The van der Waals surface area contributed by atoms with E-state index in [1.807, 2.05) is 38.1 Å². The van der Waals surface area contributed by atoms with E-state index in [4.69, 9.17) is 11.0 Å². The number of nitrogens with zero attached hydrogens (tertiary/aromatic N) is 4. The third kappa shape index (κ3) is 3.32. The average molecular weight is 255 g/mol. The molecule has 0 saturated heterocycles. The first kappa shape index (κ1) is 13.1. The van der Waals surface area contributed by atoms with Crippen LogP contribution in [-0.2, 0) is 6.54 Å². The first-order chi connectivity index (χ1) is 9.00. The molecule has 19 heavy (non-hydrogen) atoms. The molecule has 5 nitrogen and oxygen atoms in total. The predicted octanol–water partition coefficient (Wildman–Crippen LogP) is 2.47. The molecule has 0 aliphatic rings. The van der Waals surface area contributed by atoms with Gasteiger partial charge in [0.25, 0.3) is 0 Å². The Labute approximate surface area is 112 Å². The van der Waals surface area contributed by atoms with E-state index in [2.05, 4.69) is 16.2 Å². The molecule has 0 aliphatic carbocycles. The van der Waals surface area contributed by atoms with Crippen LogP contribution in [0.15, 0.2) is 30.6 Å². The van der Waals surface area contributed by atoms with E-state index in [1.165, 1.54) is 0 Å². The molecule has 2 N–H and O–H groups in total. The molecule has 0 unspecified atom stereocenters. The van der Waals surface area contributed by atoms with Crippen LogP contribution in [-0.4, -0.2) is 14.8 Å². The lowest BCUT2D eigenvalue weighted by molar-refractivity contribution is 0.399. The van der Waals surface area contributed by atoms with E-state index in [1.54, 1.807) is 11.0 Å². The number of hydrogen-bond acceptors (Lipinski definition) is 4. The van der Waals surface area contributed by atoms with Crippen molar-refractivity contribution in [2.24, 2.45) is 5.41 Å². The summed E-state index contributed by atoms with van der Waals surface area (Å²) in [5.74, 6) is 0.655. The normalized spacial score (nSPS) is 11.2. The average Bonchev–Trinajstić information content (AvgIpc) is 2.85. The predicted molar refractivity (Wildman–Crippen MR) is 73.9 cm³/mol. The van der Waals surface area contributed by atoms with Crippen LogP contribution < -0.4 is 5.73 Å². The Bertz CT molecular complexity index is 606. The summed E-state index contributed by atoms with van der Waals surface area (Å²) in [5, 5.41) is 13.4. The summed E-state index contributed by atoms with van der Waals surface area (Å²) in [6.07, 6.45) is 2.43. The molecule has 5 heteroatoms. The van der Waals surface area contributed by atoms with Crippen molar-refractivity contribution in [3.63, 3.8) is 0 Å². The lowest BCUT2D eigenvalue weighted by atomic mass is 9.92. The molecule has 2 rings (SSSR count). The summed E-state index contributed by atoms with van der Waals surface area (Å²) in [5.41, 5.74) is 6.99. The van der Waals surface area contributed by atoms with Crippen LogP contribution in [0.5, 0.6) is 0 Å². The summed E-state index contributed by atoms with van der Waals surface area (Å²) in [6.45, 7) is 4.52. The van der Waals surface area contributed by atoms with Gasteiger partial charge in [0.1, 0.15) is 6.33 Å². The molecule has 98 valence electrons. The van der Waals surface area contributed by atoms with E-state index in [-0.39, 0.29) is 5.41 Å². The molecule has 0 spiro atoms. The fourth-order valence-electron chi connectivity index (χ4n) is 1.66. The summed E-state index contributed by atoms with van der Waals surface area (Å²) < 4.78 is 1.76. The molecule has 0 saturated carbocycles. The standard InChI is InChI=1S/C14H17N5/c1-14(2,9-15)6-7-19-10-17-13(18-19)11-4-3-5-12(16)8-11/h3-5,8,10H,6-7,16H2,1-2H3. The maximum atomic E-state index is 8.98. The zero-order valence-electron chi connectivity index (χ0n) is 11.2. The second-order valence-corrected chi connectivity index (χ2v) is 5.20. The molecule has 1 aromatic carbocycles. The SMILES string of the molecule is CC(C)(C#N)CCn1cnc(-c2cccc(N)c2)n1. The molecule has 1 aromatic heterocycles. The number of anilines is 1. The molecule has 0 fully saturated rings. The van der Waals surface area contributed by atoms with Crippen LogP contribution in [0.2, 0.25) is 0 Å². The van der Waals surface area contributed by atoms with Crippen molar-refractivity contribution in [2.75, 3.05) is 5.73 Å². The first-order valence-electron chi connectivity index (χ1n) is 6.17. The van der Waals surface area contributed by atoms with Crippen LogP contribution in [0.25, 0.3) is 11.4 Å². The number of nitrogens with two attached hydrogens (primary N) is 1. The minimum absolute atomic E-state index is 0.344. The highest BCUT2D eigenvalue weighted by Crippen LogP contribution is 2.20. The van der Waals surface area contributed by atoms with Crippen molar-refractivity contribution in [2.45, 2.75) is 26.8 Å². The number of aryl methyl sites for hydroxylation is 1. The van der Waals surface area contributed by atoms with E-state index < -0.39 is 0 Å². The van der Waals surface area contributed by atoms with Crippen LogP contribution in [0, 0.1) is 16.7 Å². The molecular weight excluding hydrogens is 238 g/mol. The van der Waals surface area contributed by atoms with E-state index >= 15 is 0 Å². The molecule has 1 heterocycles.